The zero-order chi connectivity index (χ0) is 17.5. The van der Waals surface area contributed by atoms with Crippen LogP contribution in [-0.4, -0.2) is 30.4 Å². The first-order valence-electron chi connectivity index (χ1n) is 7.73. The normalized spacial score (nSPS) is 10.1. The van der Waals surface area contributed by atoms with Crippen LogP contribution in [0.2, 0.25) is 0 Å². The molecule has 24 heavy (non-hydrogen) atoms. The molecule has 5 heteroatoms. The Balaban J connectivity index is 2.05. The summed E-state index contributed by atoms with van der Waals surface area (Å²) in [5.74, 6) is 0.300. The van der Waals surface area contributed by atoms with Crippen LogP contribution in [0.5, 0.6) is 5.75 Å². The van der Waals surface area contributed by atoms with Crippen molar-refractivity contribution in [1.82, 2.24) is 4.90 Å². The number of ether oxygens (including phenoxy) is 1. The highest BCUT2D eigenvalue weighted by Gasteiger charge is 2.16. The van der Waals surface area contributed by atoms with E-state index in [4.69, 9.17) is 4.74 Å². The van der Waals surface area contributed by atoms with Gasteiger partial charge in [0.1, 0.15) is 12.3 Å². The van der Waals surface area contributed by atoms with E-state index in [2.05, 4.69) is 5.32 Å². The number of nitrogens with one attached hydrogen (secondary N) is 1. The van der Waals surface area contributed by atoms with E-state index in [1.165, 1.54) is 11.8 Å². The Kier molecular flexibility index (Phi) is 5.95. The fourth-order valence-electron chi connectivity index (χ4n) is 2.41. The van der Waals surface area contributed by atoms with Crippen molar-refractivity contribution in [3.63, 3.8) is 0 Å². The molecule has 0 unspecified atom stereocenters. The second-order valence-electron chi connectivity index (χ2n) is 5.60. The highest BCUT2D eigenvalue weighted by atomic mass is 16.5. The number of benzene rings is 2. The standard InChI is InChI=1S/C19H22N2O3/c1-14-7-6-9-17(11-14)20-19(23)13-21(15(2)22)12-16-8-4-5-10-18(16)24-3/h4-11H,12-13H2,1-3H3,(H,20,23). The second-order valence-corrected chi connectivity index (χ2v) is 5.60. The predicted molar refractivity (Wildman–Crippen MR) is 93.9 cm³/mol. The number of carbonyl (C=O) groups is 2. The van der Waals surface area contributed by atoms with E-state index in [1.807, 2.05) is 55.5 Å². The van der Waals surface area contributed by atoms with Gasteiger partial charge in [0, 0.05) is 24.7 Å². The molecule has 2 rings (SSSR count). The van der Waals surface area contributed by atoms with Gasteiger partial charge in [-0.15, -0.1) is 0 Å². The maximum atomic E-state index is 12.2. The summed E-state index contributed by atoms with van der Waals surface area (Å²) in [5.41, 5.74) is 2.64. The van der Waals surface area contributed by atoms with E-state index >= 15 is 0 Å². The molecule has 2 amide bonds. The summed E-state index contributed by atoms with van der Waals surface area (Å²) >= 11 is 0. The molecule has 0 aliphatic rings. The molecule has 0 fully saturated rings. The third kappa shape index (κ3) is 4.84. The minimum absolute atomic E-state index is 0.0126. The summed E-state index contributed by atoms with van der Waals surface area (Å²) < 4.78 is 5.30. The SMILES string of the molecule is COc1ccccc1CN(CC(=O)Nc1cccc(C)c1)C(C)=O. The summed E-state index contributed by atoms with van der Waals surface area (Å²) in [6.07, 6.45) is 0. The first-order valence-corrected chi connectivity index (χ1v) is 7.73. The number of methoxy groups -OCH3 is 1. The summed E-state index contributed by atoms with van der Waals surface area (Å²) in [4.78, 5) is 25.6. The van der Waals surface area contributed by atoms with Crippen LogP contribution in [0.15, 0.2) is 48.5 Å². The molecule has 2 aromatic carbocycles. The van der Waals surface area contributed by atoms with Crippen LogP contribution < -0.4 is 10.1 Å². The molecule has 0 aliphatic heterocycles. The molecule has 0 heterocycles. The van der Waals surface area contributed by atoms with Crippen LogP contribution in [0.1, 0.15) is 18.1 Å². The van der Waals surface area contributed by atoms with E-state index in [0.717, 1.165) is 16.8 Å². The highest BCUT2D eigenvalue weighted by Crippen LogP contribution is 2.19. The summed E-state index contributed by atoms with van der Waals surface area (Å²) in [6, 6.07) is 15.0. The van der Waals surface area contributed by atoms with Crippen molar-refractivity contribution >= 4 is 17.5 Å². The number of anilines is 1. The van der Waals surface area contributed by atoms with Gasteiger partial charge in [-0.25, -0.2) is 0 Å². The molecule has 0 saturated heterocycles. The zero-order valence-electron chi connectivity index (χ0n) is 14.2. The first-order chi connectivity index (χ1) is 11.5. The Hall–Kier alpha value is -2.82. The van der Waals surface area contributed by atoms with Crippen LogP contribution in [0.4, 0.5) is 5.69 Å². The molecule has 0 aliphatic carbocycles. The Bertz CT molecular complexity index is 728. The molecule has 0 radical (unpaired) electrons. The lowest BCUT2D eigenvalue weighted by Crippen LogP contribution is -2.36. The van der Waals surface area contributed by atoms with Crippen molar-refractivity contribution in [2.75, 3.05) is 19.0 Å². The van der Waals surface area contributed by atoms with Crippen LogP contribution in [-0.2, 0) is 16.1 Å². The van der Waals surface area contributed by atoms with E-state index in [9.17, 15) is 9.59 Å². The monoisotopic (exact) mass is 326 g/mol. The molecular formula is C19H22N2O3. The number of hydrogen-bond acceptors (Lipinski definition) is 3. The molecule has 2 aromatic rings. The average molecular weight is 326 g/mol. The fraction of sp³-hybridized carbons (Fsp3) is 0.263. The zero-order valence-corrected chi connectivity index (χ0v) is 14.2. The molecule has 0 bridgehead atoms. The van der Waals surface area contributed by atoms with Gasteiger partial charge in [-0.1, -0.05) is 30.3 Å². The van der Waals surface area contributed by atoms with Crippen LogP contribution in [0, 0.1) is 6.92 Å². The van der Waals surface area contributed by atoms with Gasteiger partial charge in [-0.05, 0) is 30.7 Å². The minimum Gasteiger partial charge on any atom is -0.496 e. The molecule has 5 nitrogen and oxygen atoms in total. The number of carbonyl (C=O) groups excluding carboxylic acids is 2. The van der Waals surface area contributed by atoms with Gasteiger partial charge in [0.25, 0.3) is 0 Å². The third-order valence-corrected chi connectivity index (χ3v) is 3.64. The van der Waals surface area contributed by atoms with Crippen molar-refractivity contribution in [1.29, 1.82) is 0 Å². The van der Waals surface area contributed by atoms with Crippen LogP contribution in [0.25, 0.3) is 0 Å². The number of para-hydroxylation sites is 1. The van der Waals surface area contributed by atoms with Gasteiger partial charge in [0.05, 0.1) is 7.11 Å². The molecule has 0 atom stereocenters. The van der Waals surface area contributed by atoms with E-state index in [0.29, 0.717) is 12.3 Å². The summed E-state index contributed by atoms with van der Waals surface area (Å²) in [5, 5.41) is 2.82. The smallest absolute Gasteiger partial charge is 0.244 e. The molecule has 126 valence electrons. The van der Waals surface area contributed by atoms with Crippen molar-refractivity contribution in [3.05, 3.63) is 59.7 Å². The Morgan fingerprint density at radius 1 is 1.12 bits per heavy atom. The van der Waals surface area contributed by atoms with E-state index in [1.54, 1.807) is 7.11 Å². The third-order valence-electron chi connectivity index (χ3n) is 3.64. The Morgan fingerprint density at radius 3 is 2.54 bits per heavy atom. The van der Waals surface area contributed by atoms with Gasteiger partial charge >= 0.3 is 0 Å². The predicted octanol–water partition coefficient (Wildman–Crippen LogP) is 2.99. The second kappa shape index (κ2) is 8.15. The molecular weight excluding hydrogens is 304 g/mol. The summed E-state index contributed by atoms with van der Waals surface area (Å²) in [6.45, 7) is 3.72. The van der Waals surface area contributed by atoms with Crippen LogP contribution in [0.3, 0.4) is 0 Å². The number of rotatable bonds is 6. The minimum atomic E-state index is -0.231. The van der Waals surface area contributed by atoms with Gasteiger partial charge in [0.15, 0.2) is 0 Å². The van der Waals surface area contributed by atoms with Crippen molar-refractivity contribution in [3.8, 4) is 5.75 Å². The summed E-state index contributed by atoms with van der Waals surface area (Å²) in [7, 11) is 1.58. The van der Waals surface area contributed by atoms with Gasteiger partial charge in [0.2, 0.25) is 11.8 Å². The lowest BCUT2D eigenvalue weighted by molar-refractivity contribution is -0.133. The topological polar surface area (TPSA) is 58.6 Å². The van der Waals surface area contributed by atoms with E-state index < -0.39 is 0 Å². The molecule has 1 N–H and O–H groups in total. The fourth-order valence-corrected chi connectivity index (χ4v) is 2.41. The maximum absolute atomic E-state index is 12.2. The number of aryl methyl sites for hydroxylation is 1. The molecule has 0 saturated carbocycles. The average Bonchev–Trinajstić information content (AvgIpc) is 2.54. The lowest BCUT2D eigenvalue weighted by atomic mass is 10.2. The Morgan fingerprint density at radius 2 is 1.88 bits per heavy atom. The van der Waals surface area contributed by atoms with Crippen molar-refractivity contribution in [2.45, 2.75) is 20.4 Å². The van der Waals surface area contributed by atoms with Gasteiger partial charge < -0.3 is 15.0 Å². The van der Waals surface area contributed by atoms with Crippen molar-refractivity contribution < 1.29 is 14.3 Å². The number of hydrogen-bond donors (Lipinski definition) is 1. The number of amides is 2. The Labute approximate surface area is 142 Å². The quantitative estimate of drug-likeness (QED) is 0.888. The maximum Gasteiger partial charge on any atom is 0.244 e. The molecule has 0 aromatic heterocycles. The van der Waals surface area contributed by atoms with E-state index in [-0.39, 0.29) is 18.4 Å². The molecule has 0 spiro atoms. The lowest BCUT2D eigenvalue weighted by Gasteiger charge is -2.21. The number of nitrogens with zero attached hydrogens (tertiary/aromatic N) is 1. The highest BCUT2D eigenvalue weighted by molar-refractivity contribution is 5.94. The van der Waals surface area contributed by atoms with Crippen LogP contribution >= 0.6 is 0 Å². The van der Waals surface area contributed by atoms with Crippen molar-refractivity contribution in [2.24, 2.45) is 0 Å². The van der Waals surface area contributed by atoms with Gasteiger partial charge in [-0.2, -0.15) is 0 Å². The first kappa shape index (κ1) is 17.5. The van der Waals surface area contributed by atoms with Gasteiger partial charge in [-0.3, -0.25) is 9.59 Å². The largest absolute Gasteiger partial charge is 0.496 e.